The van der Waals surface area contributed by atoms with E-state index in [1.54, 1.807) is 31.2 Å². The van der Waals surface area contributed by atoms with E-state index < -0.39 is 0 Å². The van der Waals surface area contributed by atoms with Gasteiger partial charge in [0.2, 0.25) is 5.91 Å². The Kier molecular flexibility index (Phi) is 3.97. The van der Waals surface area contributed by atoms with Crippen LogP contribution >= 0.6 is 11.6 Å². The van der Waals surface area contributed by atoms with Gasteiger partial charge in [-0.05, 0) is 36.8 Å². The first-order chi connectivity index (χ1) is 9.06. The summed E-state index contributed by atoms with van der Waals surface area (Å²) in [6.45, 7) is 1.80. The highest BCUT2D eigenvalue weighted by atomic mass is 35.5. The lowest BCUT2D eigenvalue weighted by Crippen LogP contribution is -2.19. The number of carbonyl (C=O) groups is 1. The number of anilines is 2. The number of nitrogens with two attached hydrogens (primary N) is 1. The summed E-state index contributed by atoms with van der Waals surface area (Å²) in [6.07, 6.45) is 0. The van der Waals surface area contributed by atoms with Gasteiger partial charge in [-0.15, -0.1) is 10.2 Å². The SMILES string of the molecule is CC(C(=O)Nc1ccc(Cl)nn1)c1cccc(N)c1. The zero-order chi connectivity index (χ0) is 13.8. The van der Waals surface area contributed by atoms with Gasteiger partial charge < -0.3 is 11.1 Å². The third-order valence-electron chi connectivity index (χ3n) is 2.69. The molecule has 0 aliphatic heterocycles. The predicted molar refractivity (Wildman–Crippen MR) is 74.9 cm³/mol. The summed E-state index contributed by atoms with van der Waals surface area (Å²) in [6, 6.07) is 10.4. The van der Waals surface area contributed by atoms with Gasteiger partial charge in [0.25, 0.3) is 0 Å². The van der Waals surface area contributed by atoms with E-state index >= 15 is 0 Å². The standard InChI is InChI=1S/C13H13ClN4O/c1-8(9-3-2-4-10(15)7-9)13(19)16-12-6-5-11(14)17-18-12/h2-8H,15H2,1H3,(H,16,18,19). The molecule has 0 saturated carbocycles. The number of amides is 1. The van der Waals surface area contributed by atoms with E-state index in [0.717, 1.165) is 5.56 Å². The first-order valence-corrected chi connectivity index (χ1v) is 6.09. The van der Waals surface area contributed by atoms with Gasteiger partial charge >= 0.3 is 0 Å². The lowest BCUT2D eigenvalue weighted by molar-refractivity contribution is -0.117. The van der Waals surface area contributed by atoms with E-state index in [4.69, 9.17) is 17.3 Å². The average molecular weight is 277 g/mol. The molecular formula is C13H13ClN4O. The van der Waals surface area contributed by atoms with Crippen LogP contribution in [-0.2, 0) is 4.79 Å². The molecule has 1 heterocycles. The van der Waals surface area contributed by atoms with Crippen LogP contribution in [0.4, 0.5) is 11.5 Å². The molecule has 0 fully saturated rings. The summed E-state index contributed by atoms with van der Waals surface area (Å²) in [7, 11) is 0. The Morgan fingerprint density at radius 2 is 2.11 bits per heavy atom. The molecule has 6 heteroatoms. The topological polar surface area (TPSA) is 80.9 Å². The number of nitrogens with zero attached hydrogens (tertiary/aromatic N) is 2. The second-order valence-electron chi connectivity index (χ2n) is 4.12. The monoisotopic (exact) mass is 276 g/mol. The van der Waals surface area contributed by atoms with Crippen LogP contribution in [0.1, 0.15) is 18.4 Å². The van der Waals surface area contributed by atoms with Crippen LogP contribution in [0.15, 0.2) is 36.4 Å². The molecule has 1 amide bonds. The van der Waals surface area contributed by atoms with Crippen molar-refractivity contribution in [3.05, 3.63) is 47.1 Å². The van der Waals surface area contributed by atoms with E-state index in [1.807, 2.05) is 12.1 Å². The van der Waals surface area contributed by atoms with Crippen molar-refractivity contribution < 1.29 is 4.79 Å². The lowest BCUT2D eigenvalue weighted by atomic mass is 10.00. The number of hydrogen-bond donors (Lipinski definition) is 2. The third kappa shape index (κ3) is 3.42. The number of halogens is 1. The minimum absolute atomic E-state index is 0.178. The fourth-order valence-electron chi connectivity index (χ4n) is 1.60. The highest BCUT2D eigenvalue weighted by Gasteiger charge is 2.16. The second-order valence-corrected chi connectivity index (χ2v) is 4.51. The molecule has 1 aromatic heterocycles. The Morgan fingerprint density at radius 3 is 2.74 bits per heavy atom. The number of aromatic nitrogens is 2. The van der Waals surface area contributed by atoms with Gasteiger partial charge in [0, 0.05) is 5.69 Å². The number of carbonyl (C=O) groups excluding carboxylic acids is 1. The fourth-order valence-corrected chi connectivity index (χ4v) is 1.70. The third-order valence-corrected chi connectivity index (χ3v) is 2.89. The summed E-state index contributed by atoms with van der Waals surface area (Å²) in [5, 5.41) is 10.4. The minimum atomic E-state index is -0.332. The Balaban J connectivity index is 2.09. The Morgan fingerprint density at radius 1 is 1.32 bits per heavy atom. The largest absolute Gasteiger partial charge is 0.399 e. The molecule has 0 bridgehead atoms. The van der Waals surface area contributed by atoms with Gasteiger partial charge in [0.1, 0.15) is 0 Å². The molecule has 5 nitrogen and oxygen atoms in total. The summed E-state index contributed by atoms with van der Waals surface area (Å²) >= 11 is 5.62. The maximum Gasteiger partial charge on any atom is 0.232 e. The van der Waals surface area contributed by atoms with Gasteiger partial charge in [0.15, 0.2) is 11.0 Å². The van der Waals surface area contributed by atoms with Gasteiger partial charge in [0.05, 0.1) is 5.92 Å². The Hall–Kier alpha value is -2.14. The average Bonchev–Trinajstić information content (AvgIpc) is 2.40. The molecule has 0 radical (unpaired) electrons. The molecule has 0 aliphatic carbocycles. The van der Waals surface area contributed by atoms with E-state index in [9.17, 15) is 4.79 Å². The normalized spacial score (nSPS) is 11.9. The number of nitrogens with one attached hydrogen (secondary N) is 1. The maximum atomic E-state index is 12.1. The van der Waals surface area contributed by atoms with E-state index in [-0.39, 0.29) is 17.0 Å². The van der Waals surface area contributed by atoms with Crippen molar-refractivity contribution in [2.24, 2.45) is 0 Å². The van der Waals surface area contributed by atoms with Gasteiger partial charge in [-0.3, -0.25) is 4.79 Å². The summed E-state index contributed by atoms with van der Waals surface area (Å²) in [5.74, 6) is -0.145. The Bertz CT molecular complexity index is 585. The molecular weight excluding hydrogens is 264 g/mol. The van der Waals surface area contributed by atoms with Crippen LogP contribution in [0.3, 0.4) is 0 Å². The Labute approximate surface area is 115 Å². The van der Waals surface area contributed by atoms with Gasteiger partial charge in [-0.2, -0.15) is 0 Å². The highest BCUT2D eigenvalue weighted by Crippen LogP contribution is 2.19. The zero-order valence-electron chi connectivity index (χ0n) is 10.3. The van der Waals surface area contributed by atoms with Crippen LogP contribution in [0, 0.1) is 0 Å². The van der Waals surface area contributed by atoms with Crippen LogP contribution in [0.5, 0.6) is 0 Å². The smallest absolute Gasteiger partial charge is 0.232 e. The molecule has 0 aliphatic rings. The maximum absolute atomic E-state index is 12.1. The molecule has 1 unspecified atom stereocenters. The summed E-state index contributed by atoms with van der Waals surface area (Å²) in [5.41, 5.74) is 7.17. The van der Waals surface area contributed by atoms with Crippen LogP contribution in [-0.4, -0.2) is 16.1 Å². The number of hydrogen-bond acceptors (Lipinski definition) is 4. The van der Waals surface area contributed by atoms with E-state index in [1.165, 1.54) is 0 Å². The number of rotatable bonds is 3. The van der Waals surface area contributed by atoms with E-state index in [0.29, 0.717) is 11.5 Å². The van der Waals surface area contributed by atoms with Crippen LogP contribution in [0.25, 0.3) is 0 Å². The van der Waals surface area contributed by atoms with Crippen molar-refractivity contribution in [3.8, 4) is 0 Å². The van der Waals surface area contributed by atoms with Crippen LogP contribution in [0.2, 0.25) is 5.15 Å². The van der Waals surface area contributed by atoms with E-state index in [2.05, 4.69) is 15.5 Å². The first-order valence-electron chi connectivity index (χ1n) is 5.72. The predicted octanol–water partition coefficient (Wildman–Crippen LogP) is 2.45. The van der Waals surface area contributed by atoms with Crippen molar-refractivity contribution in [1.82, 2.24) is 10.2 Å². The minimum Gasteiger partial charge on any atom is -0.399 e. The molecule has 19 heavy (non-hydrogen) atoms. The number of benzene rings is 1. The van der Waals surface area contributed by atoms with Crippen molar-refractivity contribution in [1.29, 1.82) is 0 Å². The van der Waals surface area contributed by atoms with Crippen molar-refractivity contribution in [3.63, 3.8) is 0 Å². The van der Waals surface area contributed by atoms with Gasteiger partial charge in [-0.1, -0.05) is 23.7 Å². The molecule has 1 atom stereocenters. The summed E-state index contributed by atoms with van der Waals surface area (Å²) in [4.78, 5) is 12.1. The quantitative estimate of drug-likeness (QED) is 0.844. The van der Waals surface area contributed by atoms with Crippen LogP contribution < -0.4 is 11.1 Å². The molecule has 0 spiro atoms. The molecule has 3 N–H and O–H groups in total. The molecule has 0 saturated heterocycles. The van der Waals surface area contributed by atoms with Crippen molar-refractivity contribution in [2.75, 3.05) is 11.1 Å². The van der Waals surface area contributed by atoms with Crippen molar-refractivity contribution >= 4 is 29.0 Å². The van der Waals surface area contributed by atoms with Crippen molar-refractivity contribution in [2.45, 2.75) is 12.8 Å². The molecule has 2 rings (SSSR count). The summed E-state index contributed by atoms with van der Waals surface area (Å²) < 4.78 is 0. The molecule has 1 aromatic carbocycles. The fraction of sp³-hybridized carbons (Fsp3) is 0.154. The first kappa shape index (κ1) is 13.3. The van der Waals surface area contributed by atoms with Gasteiger partial charge in [-0.25, -0.2) is 0 Å². The second kappa shape index (κ2) is 5.67. The lowest BCUT2D eigenvalue weighted by Gasteiger charge is -2.12. The number of nitrogen functional groups attached to an aromatic ring is 1. The molecule has 2 aromatic rings. The zero-order valence-corrected chi connectivity index (χ0v) is 11.1. The molecule has 98 valence electrons. The highest BCUT2D eigenvalue weighted by molar-refractivity contribution is 6.29.